The van der Waals surface area contributed by atoms with E-state index in [1.807, 2.05) is 0 Å². The number of rotatable bonds is 25. The van der Waals surface area contributed by atoms with E-state index in [-0.39, 0.29) is 5.41 Å². The van der Waals surface area contributed by atoms with Crippen LogP contribution >= 0.6 is 0 Å². The molecule has 1 aliphatic rings. The number of unbranched alkanes of at least 4 members (excludes halogenated alkanes) is 12. The van der Waals surface area contributed by atoms with Gasteiger partial charge in [0.05, 0.1) is 22.1 Å². The lowest BCUT2D eigenvalue weighted by Crippen LogP contribution is -2.26. The van der Waals surface area contributed by atoms with Gasteiger partial charge in [0.1, 0.15) is 0 Å². The molecule has 2 heterocycles. The van der Waals surface area contributed by atoms with E-state index < -0.39 is 0 Å². The highest BCUT2D eigenvalue weighted by molar-refractivity contribution is 6.12. The van der Waals surface area contributed by atoms with E-state index >= 15 is 0 Å². The van der Waals surface area contributed by atoms with Crippen LogP contribution in [0.1, 0.15) is 163 Å². The van der Waals surface area contributed by atoms with Crippen molar-refractivity contribution in [1.29, 1.82) is 0 Å². The lowest BCUT2D eigenvalue weighted by molar-refractivity contribution is 0.397. The molecule has 88 heavy (non-hydrogen) atoms. The summed E-state index contributed by atoms with van der Waals surface area (Å²) < 4.78 is 4.95. The molecule has 0 saturated heterocycles. The highest BCUT2D eigenvalue weighted by atomic mass is 15.1. The fourth-order valence-electron chi connectivity index (χ4n) is 15.0. The topological polar surface area (TPSA) is 13.1 Å². The predicted octanol–water partition coefficient (Wildman–Crippen LogP) is 25.1. The van der Waals surface area contributed by atoms with E-state index in [2.05, 4.69) is 268 Å². The second kappa shape index (κ2) is 26.1. The summed E-state index contributed by atoms with van der Waals surface area (Å²) in [6.07, 6.45) is 23.2. The van der Waals surface area contributed by atoms with Crippen LogP contribution in [0.15, 0.2) is 212 Å². The smallest absolute Gasteiger partial charge is 0.0561 e. The fourth-order valence-corrected chi connectivity index (χ4v) is 15.0. The number of para-hydroxylation sites is 2. The molecule has 0 aliphatic heterocycles. The summed E-state index contributed by atoms with van der Waals surface area (Å²) in [5.74, 6) is 0. The summed E-state index contributed by atoms with van der Waals surface area (Å²) >= 11 is 0. The third-order valence-corrected chi connectivity index (χ3v) is 20.0. The maximum Gasteiger partial charge on any atom is 0.0561 e. The van der Waals surface area contributed by atoms with Crippen LogP contribution in [0.2, 0.25) is 0 Å². The van der Waals surface area contributed by atoms with Gasteiger partial charge in [0.15, 0.2) is 0 Å². The van der Waals surface area contributed by atoms with Gasteiger partial charge < -0.3 is 14.0 Å². The van der Waals surface area contributed by atoms with Crippen LogP contribution in [0.3, 0.4) is 0 Å². The summed E-state index contributed by atoms with van der Waals surface area (Å²) in [5.41, 5.74) is 27.1. The minimum atomic E-state index is 0.0343. The first-order valence-electron chi connectivity index (χ1n) is 33.8. The fraction of sp³-hybridized carbons (Fsp3) is 0.294. The van der Waals surface area contributed by atoms with E-state index in [0.717, 1.165) is 29.2 Å². The molecule has 0 amide bonds. The number of benzene rings is 10. The number of hydrogen-bond acceptors (Lipinski definition) is 1. The molecule has 0 saturated carbocycles. The summed E-state index contributed by atoms with van der Waals surface area (Å²) in [6.45, 7) is 13.7. The molecule has 13 rings (SSSR count). The Balaban J connectivity index is 0.831. The largest absolute Gasteiger partial charge is 0.311 e. The van der Waals surface area contributed by atoms with Crippen LogP contribution in [0.25, 0.3) is 88.4 Å². The Morgan fingerprint density at radius 2 is 0.773 bits per heavy atom. The Hall–Kier alpha value is -8.40. The van der Waals surface area contributed by atoms with Gasteiger partial charge in [-0.05, 0) is 193 Å². The first kappa shape index (κ1) is 58.6. The third-order valence-electron chi connectivity index (χ3n) is 20.0. The van der Waals surface area contributed by atoms with Crippen LogP contribution in [-0.4, -0.2) is 9.13 Å². The molecule has 12 aromatic rings. The molecule has 0 spiro atoms. The van der Waals surface area contributed by atoms with E-state index in [1.165, 1.54) is 214 Å². The minimum absolute atomic E-state index is 0.0343. The molecule has 3 nitrogen and oxygen atoms in total. The van der Waals surface area contributed by atoms with Crippen molar-refractivity contribution in [3.05, 3.63) is 246 Å². The average Bonchev–Trinajstić information content (AvgIpc) is 1.68. The van der Waals surface area contributed by atoms with Crippen molar-refractivity contribution in [2.45, 2.75) is 163 Å². The van der Waals surface area contributed by atoms with Crippen LogP contribution < -0.4 is 4.90 Å². The van der Waals surface area contributed by atoms with Crippen molar-refractivity contribution in [3.8, 4) is 44.8 Å². The number of aryl methyl sites for hydroxylation is 4. The summed E-state index contributed by atoms with van der Waals surface area (Å²) in [7, 11) is 0. The molecule has 2 aromatic heterocycles. The van der Waals surface area contributed by atoms with Crippen molar-refractivity contribution in [2.24, 2.45) is 0 Å². The van der Waals surface area contributed by atoms with Gasteiger partial charge in [-0.15, -0.1) is 0 Å². The SMILES string of the molecule is CCCCCCCCC1(CCCCCCCC)c2cc(-c3ccc(N(c4ccc(C)cc4)c4ccc(-c5ccc6c7ccccc7n(-c7ccc8c9ccccc9n(-c9ccc(CCCCC)cc9)c8c7)c6c5)cc4)cc3)ccc2-c2cc(C)c(C)cc21. The molecule has 1 aliphatic carbocycles. The molecular weight excluding hydrogens is 1060 g/mol. The Labute approximate surface area is 524 Å². The van der Waals surface area contributed by atoms with Crippen LogP contribution in [0.5, 0.6) is 0 Å². The minimum Gasteiger partial charge on any atom is -0.311 e. The number of aromatic nitrogens is 2. The number of anilines is 3. The Morgan fingerprint density at radius 1 is 0.330 bits per heavy atom. The average molecular weight is 1150 g/mol. The first-order valence-corrected chi connectivity index (χ1v) is 33.8. The summed E-state index contributed by atoms with van der Waals surface area (Å²) in [4.78, 5) is 2.42. The Morgan fingerprint density at radius 3 is 1.38 bits per heavy atom. The standard InChI is InChI=1S/C85H89N3/c1-7-10-13-15-17-24-53-85(54-25-18-16-14-11-8-2)79-56-62(6)61(5)55-78(79)73-50-39-66(57-80(73)85)64-35-45-69(46-36-64)86(68-41-31-60(4)32-42-68)70-47-37-65(38-48-70)67-40-51-76-74-27-21-23-30-82(74)88(83(76)58-67)72-49-52-77-75-28-20-22-29-81(75)87(84(77)59-72)71-43-33-63(34-44-71)26-19-12-9-3/h20-23,27-52,55-59H,7-19,24-26,53-54H2,1-6H3. The van der Waals surface area contributed by atoms with E-state index in [1.54, 1.807) is 11.1 Å². The van der Waals surface area contributed by atoms with E-state index in [9.17, 15) is 0 Å². The van der Waals surface area contributed by atoms with Gasteiger partial charge in [-0.3, -0.25) is 0 Å². The molecule has 0 unspecified atom stereocenters. The van der Waals surface area contributed by atoms with Crippen LogP contribution in [-0.2, 0) is 11.8 Å². The lowest BCUT2D eigenvalue weighted by Gasteiger charge is -2.33. The van der Waals surface area contributed by atoms with E-state index in [4.69, 9.17) is 0 Å². The number of hydrogen-bond donors (Lipinski definition) is 0. The van der Waals surface area contributed by atoms with Crippen molar-refractivity contribution in [1.82, 2.24) is 9.13 Å². The molecular formula is C85H89N3. The highest BCUT2D eigenvalue weighted by Gasteiger charge is 2.43. The van der Waals surface area contributed by atoms with Gasteiger partial charge in [-0.1, -0.05) is 244 Å². The molecule has 0 atom stereocenters. The second-order valence-corrected chi connectivity index (χ2v) is 25.9. The summed E-state index contributed by atoms with van der Waals surface area (Å²) in [6, 6.07) is 81.5. The number of fused-ring (bicyclic) bond motifs is 9. The predicted molar refractivity (Wildman–Crippen MR) is 380 cm³/mol. The zero-order valence-corrected chi connectivity index (χ0v) is 53.3. The molecule has 444 valence electrons. The zero-order chi connectivity index (χ0) is 60.1. The maximum atomic E-state index is 2.62. The van der Waals surface area contributed by atoms with Crippen LogP contribution in [0.4, 0.5) is 17.1 Å². The quantitative estimate of drug-likeness (QED) is 0.0520. The Kier molecular flexibility index (Phi) is 17.4. The van der Waals surface area contributed by atoms with Crippen molar-refractivity contribution in [3.63, 3.8) is 0 Å². The molecule has 3 heteroatoms. The molecule has 0 radical (unpaired) electrons. The van der Waals surface area contributed by atoms with Gasteiger partial charge in [0, 0.05) is 55.4 Å². The zero-order valence-electron chi connectivity index (χ0n) is 53.3. The van der Waals surface area contributed by atoms with Crippen molar-refractivity contribution in [2.75, 3.05) is 4.90 Å². The molecule has 0 fully saturated rings. The van der Waals surface area contributed by atoms with Crippen molar-refractivity contribution >= 4 is 60.7 Å². The maximum absolute atomic E-state index is 2.62. The molecule has 0 bridgehead atoms. The van der Waals surface area contributed by atoms with Gasteiger partial charge in [0.25, 0.3) is 0 Å². The number of nitrogens with zero attached hydrogens (tertiary/aromatic N) is 3. The normalized spacial score (nSPS) is 12.7. The summed E-state index contributed by atoms with van der Waals surface area (Å²) in [5, 5.41) is 5.04. The van der Waals surface area contributed by atoms with Crippen LogP contribution in [0, 0.1) is 20.8 Å². The molecule has 0 N–H and O–H groups in total. The second-order valence-electron chi connectivity index (χ2n) is 25.9. The van der Waals surface area contributed by atoms with Gasteiger partial charge in [0.2, 0.25) is 0 Å². The third kappa shape index (κ3) is 11.4. The van der Waals surface area contributed by atoms with Gasteiger partial charge >= 0.3 is 0 Å². The van der Waals surface area contributed by atoms with E-state index in [0.29, 0.717) is 0 Å². The van der Waals surface area contributed by atoms with Gasteiger partial charge in [-0.2, -0.15) is 0 Å². The highest BCUT2D eigenvalue weighted by Crippen LogP contribution is 2.56. The monoisotopic (exact) mass is 1150 g/mol. The lowest BCUT2D eigenvalue weighted by atomic mass is 9.70. The van der Waals surface area contributed by atoms with Crippen molar-refractivity contribution < 1.29 is 0 Å². The van der Waals surface area contributed by atoms with Gasteiger partial charge in [-0.25, -0.2) is 0 Å². The Bertz CT molecular complexity index is 4360. The molecule has 10 aromatic carbocycles. The first-order chi connectivity index (χ1) is 43.2.